The van der Waals surface area contributed by atoms with Gasteiger partial charge in [0.1, 0.15) is 0 Å². The number of rotatable bonds is 4. The van der Waals surface area contributed by atoms with Gasteiger partial charge in [-0.15, -0.1) is 11.3 Å². The highest BCUT2D eigenvalue weighted by Crippen LogP contribution is 2.18. The van der Waals surface area contributed by atoms with Gasteiger partial charge in [0.15, 0.2) is 0 Å². The summed E-state index contributed by atoms with van der Waals surface area (Å²) in [5.74, 6) is 6.45. The van der Waals surface area contributed by atoms with Gasteiger partial charge in [0, 0.05) is 28.8 Å². The van der Waals surface area contributed by atoms with Crippen molar-refractivity contribution in [1.82, 2.24) is 4.90 Å². The second kappa shape index (κ2) is 7.32. The van der Waals surface area contributed by atoms with Crippen LogP contribution in [0.3, 0.4) is 0 Å². The molecule has 0 aliphatic carbocycles. The predicted octanol–water partition coefficient (Wildman–Crippen LogP) is 2.31. The van der Waals surface area contributed by atoms with E-state index in [4.69, 9.17) is 5.73 Å². The SMILES string of the molecule is CC(C)C(C)C(=O)N(C)Cc1cc(C#CCN)cs1. The smallest absolute Gasteiger partial charge is 0.225 e. The third kappa shape index (κ3) is 4.70. The average Bonchev–Trinajstić information content (AvgIpc) is 2.81. The maximum absolute atomic E-state index is 12.2. The van der Waals surface area contributed by atoms with Gasteiger partial charge in [-0.2, -0.15) is 0 Å². The first-order valence-corrected chi connectivity index (χ1v) is 7.35. The van der Waals surface area contributed by atoms with Crippen molar-refractivity contribution >= 4 is 17.2 Å². The fourth-order valence-corrected chi connectivity index (χ4v) is 2.50. The Morgan fingerprint density at radius 3 is 2.74 bits per heavy atom. The summed E-state index contributed by atoms with van der Waals surface area (Å²) in [4.78, 5) is 15.1. The molecular weight excluding hydrogens is 256 g/mol. The van der Waals surface area contributed by atoms with Gasteiger partial charge in [-0.25, -0.2) is 0 Å². The topological polar surface area (TPSA) is 46.3 Å². The van der Waals surface area contributed by atoms with E-state index in [1.165, 1.54) is 0 Å². The quantitative estimate of drug-likeness (QED) is 0.859. The van der Waals surface area contributed by atoms with Crippen LogP contribution in [0.1, 0.15) is 31.2 Å². The van der Waals surface area contributed by atoms with Gasteiger partial charge in [0.2, 0.25) is 5.91 Å². The highest BCUT2D eigenvalue weighted by atomic mass is 32.1. The molecule has 1 atom stereocenters. The van der Waals surface area contributed by atoms with E-state index in [0.717, 1.165) is 10.4 Å². The zero-order valence-electron chi connectivity index (χ0n) is 12.1. The van der Waals surface area contributed by atoms with Crippen LogP contribution in [0.15, 0.2) is 11.4 Å². The van der Waals surface area contributed by atoms with Crippen molar-refractivity contribution in [3.8, 4) is 11.8 Å². The molecule has 2 N–H and O–H groups in total. The maximum Gasteiger partial charge on any atom is 0.225 e. The molecule has 1 unspecified atom stereocenters. The number of thiophene rings is 1. The summed E-state index contributed by atoms with van der Waals surface area (Å²) in [7, 11) is 1.85. The molecule has 19 heavy (non-hydrogen) atoms. The number of carbonyl (C=O) groups is 1. The van der Waals surface area contributed by atoms with E-state index in [1.54, 1.807) is 16.2 Å². The monoisotopic (exact) mass is 278 g/mol. The molecule has 3 nitrogen and oxygen atoms in total. The van der Waals surface area contributed by atoms with Crippen LogP contribution in [0.4, 0.5) is 0 Å². The lowest BCUT2D eigenvalue weighted by Crippen LogP contribution is -2.33. The van der Waals surface area contributed by atoms with Crippen molar-refractivity contribution < 1.29 is 4.79 Å². The van der Waals surface area contributed by atoms with Crippen molar-refractivity contribution in [3.63, 3.8) is 0 Å². The summed E-state index contributed by atoms with van der Waals surface area (Å²) < 4.78 is 0. The van der Waals surface area contributed by atoms with Crippen molar-refractivity contribution in [3.05, 3.63) is 21.9 Å². The van der Waals surface area contributed by atoms with E-state index in [0.29, 0.717) is 19.0 Å². The number of nitrogens with zero attached hydrogens (tertiary/aromatic N) is 1. The molecule has 0 bridgehead atoms. The van der Waals surface area contributed by atoms with Crippen molar-refractivity contribution in [1.29, 1.82) is 0 Å². The molecular formula is C15H22N2OS. The molecule has 1 heterocycles. The fraction of sp³-hybridized carbons (Fsp3) is 0.533. The first-order chi connectivity index (χ1) is 8.95. The van der Waals surface area contributed by atoms with E-state index in [1.807, 2.05) is 25.4 Å². The Hall–Kier alpha value is -1.31. The standard InChI is InChI=1S/C15H22N2OS/c1-11(2)12(3)15(18)17(4)9-14-8-13(10-19-14)6-5-7-16/h8,10-12H,7,9,16H2,1-4H3. The number of hydrogen-bond donors (Lipinski definition) is 1. The second-order valence-electron chi connectivity index (χ2n) is 5.03. The van der Waals surface area contributed by atoms with Crippen LogP contribution in [-0.2, 0) is 11.3 Å². The first kappa shape index (κ1) is 15.7. The molecule has 0 saturated carbocycles. The third-order valence-corrected chi connectivity index (χ3v) is 4.07. The lowest BCUT2D eigenvalue weighted by molar-refractivity contribution is -0.135. The Labute approximate surface area is 119 Å². The van der Waals surface area contributed by atoms with Gasteiger partial charge in [-0.3, -0.25) is 4.79 Å². The predicted molar refractivity (Wildman–Crippen MR) is 80.7 cm³/mol. The van der Waals surface area contributed by atoms with E-state index >= 15 is 0 Å². The molecule has 104 valence electrons. The molecule has 0 radical (unpaired) electrons. The van der Waals surface area contributed by atoms with Crippen LogP contribution in [0.25, 0.3) is 0 Å². The lowest BCUT2D eigenvalue weighted by Gasteiger charge is -2.23. The Morgan fingerprint density at radius 2 is 2.16 bits per heavy atom. The minimum absolute atomic E-state index is 0.0569. The van der Waals surface area contributed by atoms with Gasteiger partial charge in [0.25, 0.3) is 0 Å². The van der Waals surface area contributed by atoms with Crippen molar-refractivity contribution in [2.75, 3.05) is 13.6 Å². The molecule has 1 rings (SSSR count). The van der Waals surface area contributed by atoms with Crippen LogP contribution in [0, 0.1) is 23.7 Å². The van der Waals surface area contributed by atoms with Crippen LogP contribution < -0.4 is 5.73 Å². The summed E-state index contributed by atoms with van der Waals surface area (Å²) in [5.41, 5.74) is 6.32. The van der Waals surface area contributed by atoms with E-state index in [-0.39, 0.29) is 11.8 Å². The van der Waals surface area contributed by atoms with E-state index in [2.05, 4.69) is 25.7 Å². The van der Waals surface area contributed by atoms with E-state index < -0.39 is 0 Å². The molecule has 0 saturated heterocycles. The summed E-state index contributed by atoms with van der Waals surface area (Å²) in [6.07, 6.45) is 0. The van der Waals surface area contributed by atoms with Crippen molar-refractivity contribution in [2.24, 2.45) is 17.6 Å². The van der Waals surface area contributed by atoms with Gasteiger partial charge >= 0.3 is 0 Å². The highest BCUT2D eigenvalue weighted by molar-refractivity contribution is 7.10. The van der Waals surface area contributed by atoms with Crippen LogP contribution >= 0.6 is 11.3 Å². The van der Waals surface area contributed by atoms with Crippen LogP contribution in [0.2, 0.25) is 0 Å². The Kier molecular flexibility index (Phi) is 6.07. The van der Waals surface area contributed by atoms with Crippen LogP contribution in [0.5, 0.6) is 0 Å². The lowest BCUT2D eigenvalue weighted by atomic mass is 9.97. The maximum atomic E-state index is 12.2. The normalized spacial score (nSPS) is 11.9. The van der Waals surface area contributed by atoms with Gasteiger partial charge in [-0.05, 0) is 12.0 Å². The molecule has 0 aromatic carbocycles. The molecule has 0 spiro atoms. The number of nitrogens with two attached hydrogens (primary N) is 1. The molecule has 0 fully saturated rings. The third-order valence-electron chi connectivity index (χ3n) is 3.15. The zero-order chi connectivity index (χ0) is 14.4. The van der Waals surface area contributed by atoms with Gasteiger partial charge in [-0.1, -0.05) is 32.6 Å². The van der Waals surface area contributed by atoms with Crippen LogP contribution in [-0.4, -0.2) is 24.4 Å². The summed E-state index contributed by atoms with van der Waals surface area (Å²) in [5, 5.41) is 2.00. The first-order valence-electron chi connectivity index (χ1n) is 6.47. The minimum Gasteiger partial charge on any atom is -0.340 e. The van der Waals surface area contributed by atoms with Gasteiger partial charge < -0.3 is 10.6 Å². The number of hydrogen-bond acceptors (Lipinski definition) is 3. The summed E-state index contributed by atoms with van der Waals surface area (Å²) >= 11 is 1.63. The number of carbonyl (C=O) groups excluding carboxylic acids is 1. The molecule has 1 amide bonds. The molecule has 0 aliphatic heterocycles. The second-order valence-corrected chi connectivity index (χ2v) is 6.03. The minimum atomic E-state index is 0.0569. The fourth-order valence-electron chi connectivity index (χ4n) is 1.63. The average molecular weight is 278 g/mol. The highest BCUT2D eigenvalue weighted by Gasteiger charge is 2.20. The summed E-state index contributed by atoms with van der Waals surface area (Å²) in [6.45, 7) is 7.14. The number of amides is 1. The largest absolute Gasteiger partial charge is 0.340 e. The zero-order valence-corrected chi connectivity index (χ0v) is 12.9. The Morgan fingerprint density at radius 1 is 1.47 bits per heavy atom. The molecule has 1 aromatic heterocycles. The van der Waals surface area contributed by atoms with E-state index in [9.17, 15) is 4.79 Å². The van der Waals surface area contributed by atoms with Gasteiger partial charge in [0.05, 0.1) is 13.1 Å². The van der Waals surface area contributed by atoms with Crippen molar-refractivity contribution in [2.45, 2.75) is 27.3 Å². The molecule has 4 heteroatoms. The summed E-state index contributed by atoms with van der Waals surface area (Å²) in [6, 6.07) is 2.02. The Balaban J connectivity index is 2.64. The Bertz CT molecular complexity index is 482. The molecule has 1 aromatic rings. The molecule has 0 aliphatic rings.